The molecule has 0 N–H and O–H groups in total. The minimum absolute atomic E-state index is 0.0991. The fraction of sp³-hybridized carbons (Fsp3) is 0.310. The normalized spacial score (nSPS) is 23.2. The molecule has 0 unspecified atom stereocenters. The minimum atomic E-state index is -0.654. The lowest BCUT2D eigenvalue weighted by Gasteiger charge is -2.38. The first-order chi connectivity index (χ1) is 18.4. The first-order valence-corrected chi connectivity index (χ1v) is 12.4. The Morgan fingerprint density at radius 3 is 2.50 bits per heavy atom. The van der Waals surface area contributed by atoms with Gasteiger partial charge in [-0.25, -0.2) is 9.97 Å². The van der Waals surface area contributed by atoms with Crippen molar-refractivity contribution in [1.82, 2.24) is 9.97 Å². The Morgan fingerprint density at radius 1 is 0.947 bits per heavy atom. The first-order valence-electron chi connectivity index (χ1n) is 12.4. The van der Waals surface area contributed by atoms with Gasteiger partial charge in [0.15, 0.2) is 11.5 Å². The number of carbonyl (C=O) groups excluding carboxylic acids is 2. The molecule has 2 aliphatic heterocycles. The molecule has 9 nitrogen and oxygen atoms in total. The summed E-state index contributed by atoms with van der Waals surface area (Å²) in [6, 6.07) is 13.5. The summed E-state index contributed by atoms with van der Waals surface area (Å²) in [6.45, 7) is 3.63. The molecule has 1 fully saturated rings. The summed E-state index contributed by atoms with van der Waals surface area (Å²) in [5, 5.41) is 0. The maximum absolute atomic E-state index is 13.2. The molecule has 0 saturated carbocycles. The number of rotatable bonds is 3. The lowest BCUT2D eigenvalue weighted by molar-refractivity contribution is -0.152. The molecule has 1 aliphatic carbocycles. The van der Waals surface area contributed by atoms with Crippen LogP contribution in [0.15, 0.2) is 42.5 Å². The van der Waals surface area contributed by atoms with Crippen LogP contribution in [0.3, 0.4) is 0 Å². The van der Waals surface area contributed by atoms with E-state index in [1.165, 1.54) is 6.92 Å². The molecule has 3 aliphatic rings. The van der Waals surface area contributed by atoms with Crippen molar-refractivity contribution in [2.24, 2.45) is 11.8 Å². The SMILES string of the molecule is COc1cc([C@@H]2c3cc4c(cc3[C@H](OC(C)=O)[C@H]3COC(=O)[C@H]23)OCO4)cc2nc3cc(C)ccc3nc12. The van der Waals surface area contributed by atoms with Gasteiger partial charge in [0.2, 0.25) is 6.79 Å². The summed E-state index contributed by atoms with van der Waals surface area (Å²) >= 11 is 0. The molecule has 0 bridgehead atoms. The molecule has 0 spiro atoms. The highest BCUT2D eigenvalue weighted by Crippen LogP contribution is 2.55. The zero-order chi connectivity index (χ0) is 26.1. The summed E-state index contributed by atoms with van der Waals surface area (Å²) in [7, 11) is 1.59. The first kappa shape index (κ1) is 22.8. The van der Waals surface area contributed by atoms with Crippen molar-refractivity contribution in [3.63, 3.8) is 0 Å². The number of fused-ring (bicyclic) bond motifs is 5. The number of ether oxygens (including phenoxy) is 5. The molecular formula is C29H24N2O7. The quantitative estimate of drug-likeness (QED) is 0.292. The number of aromatic nitrogens is 2. The van der Waals surface area contributed by atoms with E-state index in [1.54, 1.807) is 7.11 Å². The van der Waals surface area contributed by atoms with Crippen molar-refractivity contribution in [2.75, 3.05) is 20.5 Å². The molecule has 0 amide bonds. The van der Waals surface area contributed by atoms with Gasteiger partial charge in [0, 0.05) is 24.3 Å². The Balaban J connectivity index is 1.48. The highest BCUT2D eigenvalue weighted by molar-refractivity contribution is 5.91. The van der Waals surface area contributed by atoms with Gasteiger partial charge in [-0.3, -0.25) is 9.59 Å². The minimum Gasteiger partial charge on any atom is -0.494 e. The third-order valence-electron chi connectivity index (χ3n) is 7.67. The van der Waals surface area contributed by atoms with Crippen molar-refractivity contribution in [3.05, 3.63) is 64.7 Å². The zero-order valence-electron chi connectivity index (χ0n) is 21.0. The molecule has 1 saturated heterocycles. The van der Waals surface area contributed by atoms with Crippen molar-refractivity contribution >= 4 is 34.0 Å². The lowest BCUT2D eigenvalue weighted by Crippen LogP contribution is -2.36. The van der Waals surface area contributed by atoms with Gasteiger partial charge < -0.3 is 23.7 Å². The number of aryl methyl sites for hydroxylation is 1. The van der Waals surface area contributed by atoms with E-state index in [0.717, 1.165) is 33.3 Å². The van der Waals surface area contributed by atoms with Crippen LogP contribution in [-0.2, 0) is 19.1 Å². The average molecular weight is 513 g/mol. The van der Waals surface area contributed by atoms with E-state index in [2.05, 4.69) is 0 Å². The summed E-state index contributed by atoms with van der Waals surface area (Å²) in [5.74, 6) is -0.415. The predicted octanol–water partition coefficient (Wildman–Crippen LogP) is 4.37. The number of methoxy groups -OCH3 is 1. The number of carbonyl (C=O) groups is 2. The number of hydrogen-bond donors (Lipinski definition) is 0. The fourth-order valence-corrected chi connectivity index (χ4v) is 6.06. The molecule has 4 atom stereocenters. The Morgan fingerprint density at radius 2 is 1.74 bits per heavy atom. The van der Waals surface area contributed by atoms with Crippen LogP contribution in [0.2, 0.25) is 0 Å². The van der Waals surface area contributed by atoms with Gasteiger partial charge >= 0.3 is 11.9 Å². The summed E-state index contributed by atoms with van der Waals surface area (Å²) < 4.78 is 28.4. The van der Waals surface area contributed by atoms with E-state index >= 15 is 0 Å². The van der Waals surface area contributed by atoms with Crippen molar-refractivity contribution < 1.29 is 33.3 Å². The third-order valence-corrected chi connectivity index (χ3v) is 7.67. The average Bonchev–Trinajstić information content (AvgIpc) is 3.52. The van der Waals surface area contributed by atoms with Gasteiger partial charge in [-0.15, -0.1) is 0 Å². The van der Waals surface area contributed by atoms with Crippen molar-refractivity contribution in [1.29, 1.82) is 0 Å². The number of esters is 2. The molecule has 3 aromatic carbocycles. The topological polar surface area (TPSA) is 106 Å². The van der Waals surface area contributed by atoms with E-state index in [0.29, 0.717) is 28.3 Å². The van der Waals surface area contributed by atoms with Crippen LogP contribution in [0.4, 0.5) is 0 Å². The molecule has 38 heavy (non-hydrogen) atoms. The molecule has 0 radical (unpaired) electrons. The highest BCUT2D eigenvalue weighted by Gasteiger charge is 2.54. The summed E-state index contributed by atoms with van der Waals surface area (Å²) in [4.78, 5) is 35.0. The van der Waals surface area contributed by atoms with E-state index in [-0.39, 0.29) is 25.3 Å². The summed E-state index contributed by atoms with van der Waals surface area (Å²) in [5.41, 5.74) is 6.33. The van der Waals surface area contributed by atoms with Crippen LogP contribution in [0.5, 0.6) is 17.2 Å². The van der Waals surface area contributed by atoms with E-state index in [4.69, 9.17) is 33.7 Å². The molecule has 192 valence electrons. The second-order valence-electron chi connectivity index (χ2n) is 9.97. The second-order valence-corrected chi connectivity index (χ2v) is 9.97. The second kappa shape index (κ2) is 8.31. The van der Waals surface area contributed by atoms with E-state index in [9.17, 15) is 9.59 Å². The Bertz CT molecular complexity index is 1670. The number of nitrogens with zero attached hydrogens (tertiary/aromatic N) is 2. The Hall–Kier alpha value is -4.40. The maximum Gasteiger partial charge on any atom is 0.310 e. The van der Waals surface area contributed by atoms with Crippen LogP contribution < -0.4 is 14.2 Å². The van der Waals surface area contributed by atoms with Crippen molar-refractivity contribution in [3.8, 4) is 17.2 Å². The van der Waals surface area contributed by atoms with Crippen LogP contribution >= 0.6 is 0 Å². The number of benzene rings is 3. The largest absolute Gasteiger partial charge is 0.494 e. The smallest absolute Gasteiger partial charge is 0.310 e. The lowest BCUT2D eigenvalue weighted by atomic mass is 9.66. The van der Waals surface area contributed by atoms with Crippen LogP contribution in [-0.4, -0.2) is 42.4 Å². The van der Waals surface area contributed by atoms with Crippen LogP contribution in [0, 0.1) is 18.8 Å². The Labute approximate surface area is 217 Å². The predicted molar refractivity (Wildman–Crippen MR) is 135 cm³/mol. The van der Waals surface area contributed by atoms with Crippen molar-refractivity contribution in [2.45, 2.75) is 25.9 Å². The standard InChI is InChI=1S/C29H24N2O7/c1-13-4-5-19-20(6-13)30-21-7-15(8-24(34-3)27(21)31-19)25-16-9-22-23(37-12-36-22)10-17(16)28(38-14(2)32)18-11-35-29(33)26(18)25/h4-10,18,25-26,28H,11-12H2,1-3H3/t18-,25+,26-,28-/m0/s1. The third kappa shape index (κ3) is 3.38. The molecular weight excluding hydrogens is 488 g/mol. The zero-order valence-corrected chi connectivity index (χ0v) is 21.0. The molecule has 7 rings (SSSR count). The monoisotopic (exact) mass is 512 g/mol. The molecule has 4 aromatic rings. The highest BCUT2D eigenvalue weighted by atomic mass is 16.7. The van der Waals surface area contributed by atoms with Gasteiger partial charge in [0.1, 0.15) is 17.4 Å². The fourth-order valence-electron chi connectivity index (χ4n) is 6.06. The molecule has 9 heteroatoms. The summed E-state index contributed by atoms with van der Waals surface area (Å²) in [6.07, 6.45) is -0.654. The van der Waals surface area contributed by atoms with Gasteiger partial charge in [-0.05, 0) is 60.0 Å². The van der Waals surface area contributed by atoms with Gasteiger partial charge in [-0.2, -0.15) is 0 Å². The van der Waals surface area contributed by atoms with Gasteiger partial charge in [0.25, 0.3) is 0 Å². The maximum atomic E-state index is 13.2. The molecule has 1 aromatic heterocycles. The van der Waals surface area contributed by atoms with Crippen LogP contribution in [0.1, 0.15) is 41.2 Å². The van der Waals surface area contributed by atoms with E-state index < -0.39 is 23.9 Å². The Kier molecular flexibility index (Phi) is 4.98. The van der Waals surface area contributed by atoms with Gasteiger partial charge in [-0.1, -0.05) is 6.07 Å². The van der Waals surface area contributed by atoms with Gasteiger partial charge in [0.05, 0.1) is 36.2 Å². The molecule has 3 heterocycles. The number of cyclic esters (lactones) is 1. The van der Waals surface area contributed by atoms with Crippen LogP contribution in [0.25, 0.3) is 22.1 Å². The number of hydrogen-bond acceptors (Lipinski definition) is 9. The van der Waals surface area contributed by atoms with E-state index in [1.807, 2.05) is 49.4 Å².